The summed E-state index contributed by atoms with van der Waals surface area (Å²) in [6, 6.07) is 17.2. The van der Waals surface area contributed by atoms with E-state index in [2.05, 4.69) is 19.9 Å². The van der Waals surface area contributed by atoms with E-state index in [1.165, 1.54) is 0 Å². The van der Waals surface area contributed by atoms with E-state index in [1.807, 2.05) is 13.0 Å². The van der Waals surface area contributed by atoms with Gasteiger partial charge in [-0.3, -0.25) is 5.41 Å². The molecule has 0 aliphatic carbocycles. The third-order valence-electron chi connectivity index (χ3n) is 5.74. The van der Waals surface area contributed by atoms with Crippen LogP contribution in [0.1, 0.15) is 33.7 Å². The zero-order valence-corrected chi connectivity index (χ0v) is 19.1. The number of nitrogens with zero attached hydrogens (tertiary/aromatic N) is 2. The number of sulfone groups is 1. The van der Waals surface area contributed by atoms with E-state index in [1.54, 1.807) is 54.6 Å². The van der Waals surface area contributed by atoms with Crippen LogP contribution >= 0.6 is 0 Å². The van der Waals surface area contributed by atoms with Gasteiger partial charge in [-0.2, -0.15) is 0 Å². The predicted octanol–water partition coefficient (Wildman–Crippen LogP) is 3.05. The van der Waals surface area contributed by atoms with E-state index in [0.29, 0.717) is 40.2 Å². The van der Waals surface area contributed by atoms with Gasteiger partial charge in [0.05, 0.1) is 33.4 Å². The van der Waals surface area contributed by atoms with Gasteiger partial charge in [0.2, 0.25) is 0 Å². The largest absolute Gasteiger partial charge is 0.384 e. The van der Waals surface area contributed by atoms with Gasteiger partial charge >= 0.3 is 0 Å². The summed E-state index contributed by atoms with van der Waals surface area (Å²) in [4.78, 5) is 15.8. The number of nitrogen functional groups attached to an aromatic ring is 1. The van der Waals surface area contributed by atoms with E-state index in [4.69, 9.17) is 16.9 Å². The molecule has 0 fully saturated rings. The molecule has 0 amide bonds. The van der Waals surface area contributed by atoms with Gasteiger partial charge in [-0.1, -0.05) is 23.8 Å². The van der Waals surface area contributed by atoms with Crippen molar-refractivity contribution in [1.29, 1.82) is 5.41 Å². The van der Waals surface area contributed by atoms with Crippen molar-refractivity contribution in [2.75, 3.05) is 0 Å². The molecule has 3 aromatic carbocycles. The van der Waals surface area contributed by atoms with Gasteiger partial charge in [-0.05, 0) is 55.0 Å². The number of nitrogens with two attached hydrogens (primary N) is 2. The molecule has 34 heavy (non-hydrogen) atoms. The van der Waals surface area contributed by atoms with Crippen LogP contribution in [0.3, 0.4) is 0 Å². The van der Waals surface area contributed by atoms with Gasteiger partial charge in [0.15, 0.2) is 9.84 Å². The van der Waals surface area contributed by atoms with Crippen LogP contribution in [0.2, 0.25) is 0 Å². The predicted molar refractivity (Wildman–Crippen MR) is 131 cm³/mol. The lowest BCUT2D eigenvalue weighted by Gasteiger charge is -2.13. The molecule has 0 radical (unpaired) electrons. The number of amidine groups is 1. The molecule has 7 N–H and O–H groups in total. The lowest BCUT2D eigenvalue weighted by Crippen LogP contribution is -2.22. The minimum atomic E-state index is -3.74. The Bertz CT molecular complexity index is 1650. The number of hydrogen-bond donors (Lipinski definition) is 5. The Labute approximate surface area is 195 Å². The van der Waals surface area contributed by atoms with Crippen molar-refractivity contribution in [3.63, 3.8) is 0 Å². The molecule has 9 nitrogen and oxygen atoms in total. The molecule has 10 heteroatoms. The highest BCUT2D eigenvalue weighted by Crippen LogP contribution is 2.27. The molecule has 5 aromatic rings. The number of aryl methyl sites for hydroxylation is 1. The van der Waals surface area contributed by atoms with Gasteiger partial charge in [-0.25, -0.2) is 18.4 Å². The van der Waals surface area contributed by atoms with E-state index in [0.717, 1.165) is 16.6 Å². The van der Waals surface area contributed by atoms with Crippen LogP contribution < -0.4 is 11.5 Å². The van der Waals surface area contributed by atoms with Crippen LogP contribution in [-0.4, -0.2) is 34.2 Å². The molecular weight excluding hydrogens is 450 g/mol. The summed E-state index contributed by atoms with van der Waals surface area (Å²) in [6.07, 6.45) is 0.418. The summed E-state index contributed by atoms with van der Waals surface area (Å²) in [5.41, 5.74) is 16.8. The minimum absolute atomic E-state index is 0.00580. The van der Waals surface area contributed by atoms with E-state index >= 15 is 0 Å². The van der Waals surface area contributed by atoms with Crippen molar-refractivity contribution in [3.8, 4) is 0 Å². The summed E-state index contributed by atoms with van der Waals surface area (Å²) in [7, 11) is -3.74. The molecule has 1 unspecified atom stereocenters. The van der Waals surface area contributed by atoms with Gasteiger partial charge < -0.3 is 21.4 Å². The van der Waals surface area contributed by atoms with E-state index < -0.39 is 15.2 Å². The maximum absolute atomic E-state index is 13.0. The van der Waals surface area contributed by atoms with Crippen LogP contribution in [0.25, 0.3) is 22.1 Å². The molecular formula is C24H23N7O2S. The molecule has 5 rings (SSSR count). The molecule has 1 atom stereocenters. The molecule has 2 aromatic heterocycles. The standard InChI is InChI=1S/C24H23N7O2S/c1-13-2-6-16(7-3-13)34(32,33)24(27)15-5-9-18-20(11-15)31-22(29-18)12-21-28-17-8-4-14(23(25)26)10-19(17)30-21/h2-11,24H,12,27H2,1H3,(H3,25,26)(H,28,30)(H,29,31). The van der Waals surface area contributed by atoms with E-state index in [-0.39, 0.29) is 10.7 Å². The Hall–Kier alpha value is -4.02. The van der Waals surface area contributed by atoms with Gasteiger partial charge in [0.1, 0.15) is 22.9 Å². The second kappa shape index (κ2) is 8.08. The Morgan fingerprint density at radius 2 is 1.53 bits per heavy atom. The first-order valence-corrected chi connectivity index (χ1v) is 12.1. The fraction of sp³-hybridized carbons (Fsp3) is 0.125. The van der Waals surface area contributed by atoms with Crippen LogP contribution in [0.15, 0.2) is 65.6 Å². The molecule has 2 heterocycles. The van der Waals surface area contributed by atoms with Crippen LogP contribution in [-0.2, 0) is 16.3 Å². The second-order valence-electron chi connectivity index (χ2n) is 8.24. The lowest BCUT2D eigenvalue weighted by atomic mass is 10.2. The average Bonchev–Trinajstić information content (AvgIpc) is 3.40. The topological polar surface area (TPSA) is 167 Å². The van der Waals surface area contributed by atoms with Crippen LogP contribution in [0, 0.1) is 12.3 Å². The highest BCUT2D eigenvalue weighted by atomic mass is 32.2. The Morgan fingerprint density at radius 1 is 0.941 bits per heavy atom. The maximum Gasteiger partial charge on any atom is 0.198 e. The van der Waals surface area contributed by atoms with Gasteiger partial charge in [0.25, 0.3) is 0 Å². The maximum atomic E-state index is 13.0. The molecule has 0 saturated carbocycles. The molecule has 0 aliphatic rings. The number of hydrogen-bond acceptors (Lipinski definition) is 6. The summed E-state index contributed by atoms with van der Waals surface area (Å²) in [5.74, 6) is 1.37. The van der Waals surface area contributed by atoms with Crippen molar-refractivity contribution in [2.24, 2.45) is 11.5 Å². The van der Waals surface area contributed by atoms with E-state index in [9.17, 15) is 8.42 Å². The molecule has 0 aliphatic heterocycles. The smallest absolute Gasteiger partial charge is 0.198 e. The number of aromatic amines is 2. The zero-order valence-electron chi connectivity index (χ0n) is 18.3. The van der Waals surface area contributed by atoms with Gasteiger partial charge in [-0.15, -0.1) is 0 Å². The number of benzene rings is 3. The first-order chi connectivity index (χ1) is 16.2. The summed E-state index contributed by atoms with van der Waals surface area (Å²) in [6.45, 7) is 1.90. The molecule has 0 saturated heterocycles. The van der Waals surface area contributed by atoms with Crippen LogP contribution in [0.4, 0.5) is 0 Å². The Kier molecular flexibility index (Phi) is 5.18. The number of fused-ring (bicyclic) bond motifs is 2. The number of rotatable bonds is 6. The Balaban J connectivity index is 1.42. The second-order valence-corrected chi connectivity index (χ2v) is 10.3. The third-order valence-corrected chi connectivity index (χ3v) is 7.61. The zero-order chi connectivity index (χ0) is 24.0. The third kappa shape index (κ3) is 3.93. The minimum Gasteiger partial charge on any atom is -0.384 e. The lowest BCUT2D eigenvalue weighted by molar-refractivity contribution is 0.584. The SMILES string of the molecule is Cc1ccc(S(=O)(=O)C(N)c2ccc3nc(Cc4nc5ccc(C(=N)N)cc5[nH]4)[nH]c3c2)cc1. The molecule has 0 bridgehead atoms. The van der Waals surface area contributed by atoms with Crippen LogP contribution in [0.5, 0.6) is 0 Å². The van der Waals surface area contributed by atoms with Crippen molar-refractivity contribution in [1.82, 2.24) is 19.9 Å². The number of nitrogens with one attached hydrogen (secondary N) is 3. The number of imidazole rings is 2. The normalized spacial score (nSPS) is 12.9. The fourth-order valence-electron chi connectivity index (χ4n) is 3.87. The monoisotopic (exact) mass is 473 g/mol. The molecule has 0 spiro atoms. The average molecular weight is 474 g/mol. The Morgan fingerprint density at radius 3 is 2.15 bits per heavy atom. The highest BCUT2D eigenvalue weighted by Gasteiger charge is 2.26. The van der Waals surface area contributed by atoms with Crippen molar-refractivity contribution in [2.45, 2.75) is 23.6 Å². The summed E-state index contributed by atoms with van der Waals surface area (Å²) >= 11 is 0. The number of aromatic nitrogens is 4. The summed E-state index contributed by atoms with van der Waals surface area (Å²) < 4.78 is 26.0. The quantitative estimate of drug-likeness (QED) is 0.188. The van der Waals surface area contributed by atoms with Crippen molar-refractivity contribution < 1.29 is 8.42 Å². The van der Waals surface area contributed by atoms with Crippen molar-refractivity contribution >= 4 is 37.7 Å². The summed E-state index contributed by atoms with van der Waals surface area (Å²) in [5, 5.41) is 6.39. The fourth-order valence-corrected chi connectivity index (χ4v) is 5.18. The first-order valence-electron chi connectivity index (χ1n) is 10.6. The van der Waals surface area contributed by atoms with Crippen molar-refractivity contribution in [3.05, 3.63) is 89.0 Å². The first kappa shape index (κ1) is 21.8. The highest BCUT2D eigenvalue weighted by molar-refractivity contribution is 7.91. The van der Waals surface area contributed by atoms with Gasteiger partial charge in [0, 0.05) is 5.56 Å². The number of H-pyrrole nitrogens is 2. The molecule has 172 valence electrons.